The smallest absolute Gasteiger partial charge is 0.143 e. The fourth-order valence-corrected chi connectivity index (χ4v) is 11.0. The summed E-state index contributed by atoms with van der Waals surface area (Å²) in [4.78, 5) is 0. The largest absolute Gasteiger partial charge is 0.456 e. The van der Waals surface area contributed by atoms with Gasteiger partial charge in [0.05, 0.1) is 0 Å². The summed E-state index contributed by atoms with van der Waals surface area (Å²) in [7, 11) is 0. The molecule has 0 fully saturated rings. The highest BCUT2D eigenvalue weighted by atomic mass is 16.3. The fraction of sp³-hybridized carbons (Fsp3) is 0. The highest BCUT2D eigenvalue weighted by molar-refractivity contribution is 6.30. The molecule has 0 saturated carbocycles. The van der Waals surface area contributed by atoms with Crippen LogP contribution >= 0.6 is 0 Å². The van der Waals surface area contributed by atoms with E-state index in [4.69, 9.17) is 17.7 Å². The minimum atomic E-state index is 0.838. The van der Waals surface area contributed by atoms with Crippen LogP contribution in [0.5, 0.6) is 0 Å². The first-order valence-corrected chi connectivity index (χ1v) is 21.7. The highest BCUT2D eigenvalue weighted by Gasteiger charge is 2.24. The molecule has 0 N–H and O–H groups in total. The predicted molar refractivity (Wildman–Crippen MR) is 264 cm³/mol. The van der Waals surface area contributed by atoms with Crippen molar-refractivity contribution in [3.63, 3.8) is 0 Å². The molecule has 0 atom stereocenters. The first-order chi connectivity index (χ1) is 31.7. The van der Waals surface area contributed by atoms with Gasteiger partial charge in [0.25, 0.3) is 0 Å². The van der Waals surface area contributed by atoms with Crippen molar-refractivity contribution < 1.29 is 17.7 Å². The maximum atomic E-state index is 6.93. The van der Waals surface area contributed by atoms with E-state index in [9.17, 15) is 0 Å². The summed E-state index contributed by atoms with van der Waals surface area (Å²) in [6, 6.07) is 69.0. The van der Waals surface area contributed by atoms with Gasteiger partial charge >= 0.3 is 0 Å². The van der Waals surface area contributed by atoms with Crippen LogP contribution in [0.2, 0.25) is 0 Å². The quantitative estimate of drug-likeness (QED) is 0.167. The molecule has 64 heavy (non-hydrogen) atoms. The molecule has 0 saturated heterocycles. The molecule has 0 spiro atoms. The molecular weight excluding hydrogens is 785 g/mol. The summed E-state index contributed by atoms with van der Waals surface area (Å²) >= 11 is 0. The van der Waals surface area contributed by atoms with Crippen molar-refractivity contribution >= 4 is 120 Å². The van der Waals surface area contributed by atoms with Crippen molar-refractivity contribution in [3.05, 3.63) is 194 Å². The van der Waals surface area contributed by atoms with E-state index in [1.54, 1.807) is 0 Å². The summed E-state index contributed by atoms with van der Waals surface area (Å²) in [5.74, 6) is 0. The standard InChI is InChI=1S/C60H32O4/c1-2-14-34-33(12-1)13-7-19-37(34)54-38-20-8-17-35(40-22-10-24-44-57-52(63-59(40)44)30-28-50-55(57)42-15-3-5-26-48(42)61-50)46(38)32-47-36(18-9-21-39(47)54)41-23-11-25-45-58-53(64-60(41)45)31-29-51-56(58)43-16-4-6-27-49(43)62-51/h1-32H. The molecule has 0 bridgehead atoms. The SMILES string of the molecule is c1ccc2c(-c3c4cccc(-c5cccc6c5oc5ccc7oc8ccccc8c7c56)c4cc4c(-c5cccc6c5oc5ccc7oc8ccccc8c7c56)cccc34)cccc2c1. The van der Waals surface area contributed by atoms with Gasteiger partial charge in [-0.25, -0.2) is 0 Å². The van der Waals surface area contributed by atoms with Gasteiger partial charge in [0.1, 0.15) is 44.7 Å². The zero-order valence-electron chi connectivity index (χ0n) is 34.1. The lowest BCUT2D eigenvalue weighted by atomic mass is 9.84. The van der Waals surface area contributed by atoms with Gasteiger partial charge in [0, 0.05) is 54.2 Å². The Hall–Kier alpha value is -8.60. The van der Waals surface area contributed by atoms with Gasteiger partial charge in [-0.2, -0.15) is 0 Å². The van der Waals surface area contributed by atoms with Crippen molar-refractivity contribution in [2.75, 3.05) is 0 Å². The molecule has 15 rings (SSSR count). The molecule has 0 aliphatic heterocycles. The lowest BCUT2D eigenvalue weighted by molar-refractivity contribution is 0.663. The number of rotatable bonds is 3. The molecule has 11 aromatic carbocycles. The third-order valence-electron chi connectivity index (χ3n) is 13.7. The Morgan fingerprint density at radius 1 is 0.219 bits per heavy atom. The number of hydrogen-bond donors (Lipinski definition) is 0. The van der Waals surface area contributed by atoms with Crippen LogP contribution in [0.3, 0.4) is 0 Å². The van der Waals surface area contributed by atoms with Crippen LogP contribution in [0.25, 0.3) is 153 Å². The predicted octanol–water partition coefficient (Wildman–Crippen LogP) is 17.7. The van der Waals surface area contributed by atoms with E-state index in [1.807, 2.05) is 48.5 Å². The maximum absolute atomic E-state index is 6.93. The number of furan rings is 4. The van der Waals surface area contributed by atoms with Crippen LogP contribution in [0, 0.1) is 0 Å². The molecule has 4 heterocycles. The first-order valence-electron chi connectivity index (χ1n) is 21.7. The van der Waals surface area contributed by atoms with Gasteiger partial charge in [-0.1, -0.05) is 152 Å². The molecule has 296 valence electrons. The van der Waals surface area contributed by atoms with Crippen molar-refractivity contribution in [2.24, 2.45) is 0 Å². The van der Waals surface area contributed by atoms with Crippen LogP contribution in [0.4, 0.5) is 0 Å². The second kappa shape index (κ2) is 12.5. The minimum absolute atomic E-state index is 0.838. The molecule has 4 nitrogen and oxygen atoms in total. The third-order valence-corrected chi connectivity index (χ3v) is 13.7. The lowest BCUT2D eigenvalue weighted by Crippen LogP contribution is -1.92. The van der Waals surface area contributed by atoms with Crippen molar-refractivity contribution in [3.8, 4) is 33.4 Å². The Morgan fingerprint density at radius 2 is 0.594 bits per heavy atom. The van der Waals surface area contributed by atoms with E-state index in [2.05, 4.69) is 146 Å². The first kappa shape index (κ1) is 34.0. The maximum Gasteiger partial charge on any atom is 0.143 e. The van der Waals surface area contributed by atoms with Crippen molar-refractivity contribution in [1.29, 1.82) is 0 Å². The molecule has 0 amide bonds. The summed E-state index contributed by atoms with van der Waals surface area (Å²) in [6.07, 6.45) is 0. The van der Waals surface area contributed by atoms with E-state index < -0.39 is 0 Å². The zero-order chi connectivity index (χ0) is 41.6. The van der Waals surface area contributed by atoms with Gasteiger partial charge in [0.15, 0.2) is 0 Å². The number of benzene rings is 11. The lowest BCUT2D eigenvalue weighted by Gasteiger charge is -2.18. The zero-order valence-corrected chi connectivity index (χ0v) is 34.1. The second-order valence-corrected chi connectivity index (χ2v) is 17.0. The normalized spacial score (nSPS) is 12.4. The topological polar surface area (TPSA) is 52.6 Å². The second-order valence-electron chi connectivity index (χ2n) is 17.0. The van der Waals surface area contributed by atoms with Crippen LogP contribution in [-0.2, 0) is 0 Å². The molecule has 0 aliphatic rings. The summed E-state index contributed by atoms with van der Waals surface area (Å²) in [5, 5.41) is 15.6. The Bertz CT molecular complexity index is 4240. The number of hydrogen-bond acceptors (Lipinski definition) is 4. The van der Waals surface area contributed by atoms with E-state index in [0.717, 1.165) is 121 Å². The molecule has 15 aromatic rings. The van der Waals surface area contributed by atoms with Crippen LogP contribution in [-0.4, -0.2) is 0 Å². The number of para-hydroxylation sites is 4. The van der Waals surface area contributed by atoms with Crippen LogP contribution in [0.1, 0.15) is 0 Å². The van der Waals surface area contributed by atoms with Gasteiger partial charge < -0.3 is 17.7 Å². The Balaban J connectivity index is 1.06. The Labute approximate surface area is 363 Å². The van der Waals surface area contributed by atoms with E-state index in [-0.39, 0.29) is 0 Å². The average molecular weight is 817 g/mol. The molecule has 0 aliphatic carbocycles. The Morgan fingerprint density at radius 3 is 1.14 bits per heavy atom. The van der Waals surface area contributed by atoms with Crippen LogP contribution in [0.15, 0.2) is 212 Å². The third kappa shape index (κ3) is 4.51. The number of fused-ring (bicyclic) bond motifs is 17. The highest BCUT2D eigenvalue weighted by Crippen LogP contribution is 2.49. The van der Waals surface area contributed by atoms with Crippen LogP contribution < -0.4 is 0 Å². The summed E-state index contributed by atoms with van der Waals surface area (Å²) < 4.78 is 26.6. The fourth-order valence-electron chi connectivity index (χ4n) is 11.0. The van der Waals surface area contributed by atoms with E-state index >= 15 is 0 Å². The summed E-state index contributed by atoms with van der Waals surface area (Å²) in [5.41, 5.74) is 13.5. The van der Waals surface area contributed by atoms with Crippen molar-refractivity contribution in [2.45, 2.75) is 0 Å². The molecular formula is C60H32O4. The molecule has 0 unspecified atom stereocenters. The summed E-state index contributed by atoms with van der Waals surface area (Å²) in [6.45, 7) is 0. The van der Waals surface area contributed by atoms with Gasteiger partial charge in [-0.05, 0) is 97.0 Å². The van der Waals surface area contributed by atoms with Gasteiger partial charge in [-0.15, -0.1) is 0 Å². The van der Waals surface area contributed by atoms with Crippen molar-refractivity contribution in [1.82, 2.24) is 0 Å². The molecule has 0 radical (unpaired) electrons. The average Bonchev–Trinajstić information content (AvgIpc) is 4.12. The monoisotopic (exact) mass is 816 g/mol. The minimum Gasteiger partial charge on any atom is -0.456 e. The van der Waals surface area contributed by atoms with E-state index in [0.29, 0.717) is 0 Å². The molecule has 4 aromatic heterocycles. The molecule has 4 heteroatoms. The Kier molecular flexibility index (Phi) is 6.65. The van der Waals surface area contributed by atoms with E-state index in [1.165, 1.54) is 32.7 Å². The van der Waals surface area contributed by atoms with Gasteiger partial charge in [-0.3, -0.25) is 0 Å². The van der Waals surface area contributed by atoms with Gasteiger partial charge in [0.2, 0.25) is 0 Å².